The highest BCUT2D eigenvalue weighted by molar-refractivity contribution is 5.85. The molecule has 0 bridgehead atoms. The third kappa shape index (κ3) is 2.60. The van der Waals surface area contributed by atoms with Gasteiger partial charge in [0.2, 0.25) is 0 Å². The zero-order valence-corrected chi connectivity index (χ0v) is 11.5. The number of pyridine rings is 1. The molecule has 1 aromatic rings. The topological polar surface area (TPSA) is 37.4 Å². The number of hydrogen-bond acceptors (Lipinski definition) is 4. The van der Waals surface area contributed by atoms with Gasteiger partial charge in [-0.1, -0.05) is 13.0 Å². The van der Waals surface area contributed by atoms with Crippen LogP contribution in [0.1, 0.15) is 24.1 Å². The minimum Gasteiger partial charge on any atom is -0.378 e. The van der Waals surface area contributed by atoms with Gasteiger partial charge in [-0.25, -0.2) is 4.98 Å². The number of nitrogens with zero attached hydrogens (tertiary/aromatic N) is 2. The molecule has 1 atom stereocenters. The Morgan fingerprint density at radius 3 is 2.89 bits per heavy atom. The number of anilines is 1. The highest BCUT2D eigenvalue weighted by Crippen LogP contribution is 2.24. The van der Waals surface area contributed by atoms with Crippen molar-refractivity contribution in [3.63, 3.8) is 0 Å². The van der Waals surface area contributed by atoms with Crippen LogP contribution in [0.25, 0.3) is 0 Å². The summed E-state index contributed by atoms with van der Waals surface area (Å²) in [6, 6.07) is 4.36. The van der Waals surface area contributed by atoms with Crippen LogP contribution in [0.2, 0.25) is 0 Å². The molecule has 0 radical (unpaired) electrons. The number of hydrogen-bond donors (Lipinski definition) is 1. The number of nitrogens with one attached hydrogen (secondary N) is 1. The van der Waals surface area contributed by atoms with E-state index in [-0.39, 0.29) is 12.4 Å². The molecule has 100 valence electrons. The molecule has 1 saturated heterocycles. The molecule has 2 aliphatic rings. The molecular weight excluding hydrogens is 250 g/mol. The summed E-state index contributed by atoms with van der Waals surface area (Å²) in [4.78, 5) is 7.17. The summed E-state index contributed by atoms with van der Waals surface area (Å²) in [6.45, 7) is 7.77. The van der Waals surface area contributed by atoms with Crippen LogP contribution < -0.4 is 10.2 Å². The van der Waals surface area contributed by atoms with E-state index >= 15 is 0 Å². The lowest BCUT2D eigenvalue weighted by Crippen LogP contribution is -2.37. The van der Waals surface area contributed by atoms with Crippen molar-refractivity contribution in [3.8, 4) is 0 Å². The third-order valence-electron chi connectivity index (χ3n) is 3.57. The summed E-state index contributed by atoms with van der Waals surface area (Å²) in [6.07, 6.45) is 0. The predicted molar refractivity (Wildman–Crippen MR) is 74.6 cm³/mol. The monoisotopic (exact) mass is 269 g/mol. The first-order chi connectivity index (χ1) is 8.34. The second kappa shape index (κ2) is 5.87. The van der Waals surface area contributed by atoms with Crippen molar-refractivity contribution in [1.82, 2.24) is 10.3 Å². The average Bonchev–Trinajstić information content (AvgIpc) is 2.40. The van der Waals surface area contributed by atoms with Crippen LogP contribution in [-0.2, 0) is 11.3 Å². The van der Waals surface area contributed by atoms with E-state index in [1.165, 1.54) is 11.3 Å². The van der Waals surface area contributed by atoms with Gasteiger partial charge in [0.15, 0.2) is 0 Å². The fraction of sp³-hybridized carbons (Fsp3) is 0.615. The molecule has 3 rings (SSSR count). The zero-order valence-electron chi connectivity index (χ0n) is 10.7. The van der Waals surface area contributed by atoms with Crippen molar-refractivity contribution in [2.75, 3.05) is 37.7 Å². The van der Waals surface area contributed by atoms with Gasteiger partial charge in [0, 0.05) is 32.1 Å². The normalized spacial score (nSPS) is 23.2. The maximum atomic E-state index is 5.38. The Bertz CT molecular complexity index is 407. The average molecular weight is 270 g/mol. The molecule has 4 nitrogen and oxygen atoms in total. The summed E-state index contributed by atoms with van der Waals surface area (Å²) in [5, 5.41) is 3.42. The number of ether oxygens (including phenoxy) is 1. The summed E-state index contributed by atoms with van der Waals surface area (Å²) < 4.78 is 5.38. The van der Waals surface area contributed by atoms with E-state index in [0.29, 0.717) is 5.92 Å². The van der Waals surface area contributed by atoms with Crippen LogP contribution in [0.3, 0.4) is 0 Å². The summed E-state index contributed by atoms with van der Waals surface area (Å²) in [5.74, 6) is 1.63. The maximum absolute atomic E-state index is 5.38. The second-order valence-electron chi connectivity index (χ2n) is 4.85. The minimum absolute atomic E-state index is 0. The number of rotatable bonds is 1. The first kappa shape index (κ1) is 13.6. The Morgan fingerprint density at radius 1 is 1.33 bits per heavy atom. The van der Waals surface area contributed by atoms with E-state index in [0.717, 1.165) is 45.2 Å². The lowest BCUT2D eigenvalue weighted by Gasteiger charge is -2.30. The van der Waals surface area contributed by atoms with E-state index in [2.05, 4.69) is 29.3 Å². The first-order valence-electron chi connectivity index (χ1n) is 6.38. The molecular formula is C13H20ClN3O. The third-order valence-corrected chi connectivity index (χ3v) is 3.57. The van der Waals surface area contributed by atoms with Gasteiger partial charge in [-0.2, -0.15) is 0 Å². The molecule has 0 unspecified atom stereocenters. The Hall–Kier alpha value is -0.840. The molecule has 18 heavy (non-hydrogen) atoms. The van der Waals surface area contributed by atoms with E-state index < -0.39 is 0 Å². The Labute approximate surface area is 114 Å². The van der Waals surface area contributed by atoms with Crippen LogP contribution >= 0.6 is 12.4 Å². The molecule has 0 aliphatic carbocycles. The lowest BCUT2D eigenvalue weighted by atomic mass is 9.98. The molecule has 0 amide bonds. The standard InChI is InChI=1S/C13H19N3O.ClH/c1-10-8-14-9-11-2-3-12(15-13(10)11)16-4-6-17-7-5-16;/h2-3,10,14H,4-9H2,1H3;1H/t10-;/m1./s1. The van der Waals surface area contributed by atoms with Crippen molar-refractivity contribution in [2.45, 2.75) is 19.4 Å². The van der Waals surface area contributed by atoms with Gasteiger partial charge in [-0.05, 0) is 11.6 Å². The van der Waals surface area contributed by atoms with E-state index in [9.17, 15) is 0 Å². The quantitative estimate of drug-likeness (QED) is 0.839. The number of morpholine rings is 1. The molecule has 1 N–H and O–H groups in total. The molecule has 2 aliphatic heterocycles. The molecule has 0 spiro atoms. The summed E-state index contributed by atoms with van der Waals surface area (Å²) in [5.41, 5.74) is 2.62. The van der Waals surface area contributed by atoms with Crippen molar-refractivity contribution >= 4 is 18.2 Å². The van der Waals surface area contributed by atoms with Crippen molar-refractivity contribution in [2.24, 2.45) is 0 Å². The maximum Gasteiger partial charge on any atom is 0.128 e. The Balaban J connectivity index is 0.00000120. The van der Waals surface area contributed by atoms with Crippen molar-refractivity contribution in [1.29, 1.82) is 0 Å². The highest BCUT2D eigenvalue weighted by Gasteiger charge is 2.20. The van der Waals surface area contributed by atoms with Gasteiger partial charge in [0.05, 0.1) is 18.9 Å². The predicted octanol–water partition coefficient (Wildman–Crippen LogP) is 1.55. The second-order valence-corrected chi connectivity index (χ2v) is 4.85. The number of aromatic nitrogens is 1. The summed E-state index contributed by atoms with van der Waals surface area (Å²) in [7, 11) is 0. The summed E-state index contributed by atoms with van der Waals surface area (Å²) >= 11 is 0. The largest absolute Gasteiger partial charge is 0.378 e. The SMILES string of the molecule is C[C@@H]1CNCc2ccc(N3CCOCC3)nc21.Cl. The van der Waals surface area contributed by atoms with Gasteiger partial charge >= 0.3 is 0 Å². The Morgan fingerprint density at radius 2 is 2.11 bits per heavy atom. The van der Waals surface area contributed by atoms with E-state index in [4.69, 9.17) is 9.72 Å². The van der Waals surface area contributed by atoms with Crippen LogP contribution in [0, 0.1) is 0 Å². The molecule has 5 heteroatoms. The molecule has 0 aromatic carbocycles. The number of halogens is 1. The zero-order chi connectivity index (χ0) is 11.7. The van der Waals surface area contributed by atoms with Gasteiger partial charge in [-0.3, -0.25) is 0 Å². The van der Waals surface area contributed by atoms with E-state index in [1.807, 2.05) is 0 Å². The van der Waals surface area contributed by atoms with Crippen molar-refractivity contribution in [3.05, 3.63) is 23.4 Å². The Kier molecular flexibility index (Phi) is 4.43. The minimum atomic E-state index is 0. The van der Waals surface area contributed by atoms with Gasteiger partial charge < -0.3 is 15.0 Å². The van der Waals surface area contributed by atoms with Crippen LogP contribution in [0.15, 0.2) is 12.1 Å². The van der Waals surface area contributed by atoms with Gasteiger partial charge in [-0.15, -0.1) is 12.4 Å². The molecule has 1 fully saturated rings. The fourth-order valence-electron chi connectivity index (χ4n) is 2.56. The van der Waals surface area contributed by atoms with Crippen LogP contribution in [-0.4, -0.2) is 37.8 Å². The van der Waals surface area contributed by atoms with Crippen molar-refractivity contribution < 1.29 is 4.74 Å². The molecule has 0 saturated carbocycles. The highest BCUT2D eigenvalue weighted by atomic mass is 35.5. The fourth-order valence-corrected chi connectivity index (χ4v) is 2.56. The van der Waals surface area contributed by atoms with E-state index in [1.54, 1.807) is 0 Å². The first-order valence-corrected chi connectivity index (χ1v) is 6.38. The number of fused-ring (bicyclic) bond motifs is 1. The van der Waals surface area contributed by atoms with Gasteiger partial charge in [0.25, 0.3) is 0 Å². The smallest absolute Gasteiger partial charge is 0.128 e. The van der Waals surface area contributed by atoms with Crippen LogP contribution in [0.5, 0.6) is 0 Å². The lowest BCUT2D eigenvalue weighted by molar-refractivity contribution is 0.122. The molecule has 3 heterocycles. The van der Waals surface area contributed by atoms with Gasteiger partial charge in [0.1, 0.15) is 5.82 Å². The van der Waals surface area contributed by atoms with Crippen LogP contribution in [0.4, 0.5) is 5.82 Å². The molecule has 1 aromatic heterocycles.